The number of ether oxygens (including phenoxy) is 6. The Hall–Kier alpha value is -12.9. The highest BCUT2D eigenvalue weighted by molar-refractivity contribution is 8.00. The molecule has 2 aromatic heterocycles. The number of aromatic hydroxyl groups is 3. The van der Waals surface area contributed by atoms with Crippen molar-refractivity contribution < 1.29 is 152 Å². The topological polar surface area (TPSA) is 711 Å². The van der Waals surface area contributed by atoms with E-state index in [0.717, 1.165) is 108 Å². The minimum atomic E-state index is -2.49. The van der Waals surface area contributed by atoms with E-state index in [4.69, 9.17) is 85.3 Å². The number of nitrogens with two attached hydrogens (primary N) is 3. The van der Waals surface area contributed by atoms with Gasteiger partial charge in [-0.05, 0) is 127 Å². The number of pyridine rings is 1. The number of aromatic nitrogens is 2. The van der Waals surface area contributed by atoms with Crippen LogP contribution in [-0.4, -0.2) is 260 Å². The van der Waals surface area contributed by atoms with Gasteiger partial charge in [-0.1, -0.05) is 83.3 Å². The molecule has 746 valence electrons. The van der Waals surface area contributed by atoms with Crippen LogP contribution in [0, 0.1) is 11.8 Å². The number of nitrogens with zero attached hydrogens (tertiary/aromatic N) is 4. The van der Waals surface area contributed by atoms with Crippen molar-refractivity contribution in [1.29, 1.82) is 0 Å². The van der Waals surface area contributed by atoms with Gasteiger partial charge in [0, 0.05) is 60.0 Å². The van der Waals surface area contributed by atoms with E-state index in [-0.39, 0.29) is 75.2 Å². The highest BCUT2D eigenvalue weighted by Crippen LogP contribution is 2.52. The highest BCUT2D eigenvalue weighted by Gasteiger charge is 2.57. The monoisotopic (exact) mass is 2040 g/mol. The van der Waals surface area contributed by atoms with Gasteiger partial charge in [-0.3, -0.25) is 57.6 Å². The van der Waals surface area contributed by atoms with Gasteiger partial charge in [-0.15, -0.1) is 11.8 Å². The summed E-state index contributed by atoms with van der Waals surface area (Å²) in [6, 6.07) is -0.125. The third kappa shape index (κ3) is 22.0. The Morgan fingerprint density at radius 3 is 2.01 bits per heavy atom. The van der Waals surface area contributed by atoms with Gasteiger partial charge >= 0.3 is 11.9 Å². The van der Waals surface area contributed by atoms with E-state index in [1.165, 1.54) is 51.5 Å². The normalized spacial score (nSPS) is 26.8. The molecular weight excluding hydrogens is 1940 g/mol. The lowest BCUT2D eigenvalue weighted by Crippen LogP contribution is -2.71. The Morgan fingerprint density at radius 2 is 1.41 bits per heavy atom. The number of carbonyl (C=O) groups is 12. The number of amides is 10. The summed E-state index contributed by atoms with van der Waals surface area (Å²) in [6.45, 7) is 5.07. The number of carboxylic acids is 2. The number of nitrogens with one attached hydrogen (secondary N) is 9. The SMILES string of the molecule is CNC(CC(C)C)C(=O)NC1C(=O)NC(CC(N)=O)C(=O)NC2C(=O)NC3C(=O)NC(C(=O)NC(C(CC(=O)NCc4cc[n+](CC5=C(C(=O)O)N6C(=O)C(NC(=O)/C(=N/OC)c7nc(N)sc7Cl)C6SC5)cc4)C(=O)O)c4cc(O)cc(O)c4-c4cc(O)ccc43)C(O)c3ccc(c(Cl)c3)Oc3cc2cc(c3OC2OC(CO)C(O)C(O)C2OC2CC(C)(N)C(O)C(C)O2)Oc2ccc(cc2Cl)C1O. The minimum absolute atomic E-state index is 0.00428. The molecule has 21 unspecified atom stereocenters. The van der Waals surface area contributed by atoms with Crippen molar-refractivity contribution in [3.05, 3.63) is 168 Å². The number of aliphatic carboxylic acids is 2. The first-order valence-electron chi connectivity index (χ1n) is 43.3. The second kappa shape index (κ2) is 42.7. The molecule has 140 heavy (non-hydrogen) atoms. The molecule has 0 saturated carbocycles. The molecule has 3 saturated heterocycles. The van der Waals surface area contributed by atoms with E-state index in [2.05, 4.69) is 58.0 Å². The Labute approximate surface area is 817 Å². The largest absolute Gasteiger partial charge is 0.508 e. The van der Waals surface area contributed by atoms with Crippen LogP contribution in [0.15, 0.2) is 120 Å². The Kier molecular flexibility index (Phi) is 31.4. The molecule has 9 bridgehead atoms. The number of benzene rings is 5. The molecule has 0 aliphatic carbocycles. The lowest BCUT2D eigenvalue weighted by Gasteiger charge is -2.49. The van der Waals surface area contributed by atoms with Crippen molar-refractivity contribution in [2.75, 3.05) is 32.3 Å². The Bertz CT molecular complexity index is 6140. The maximum atomic E-state index is 16.6. The van der Waals surface area contributed by atoms with Crippen LogP contribution in [0.4, 0.5) is 5.13 Å². The van der Waals surface area contributed by atoms with Gasteiger partial charge < -0.3 is 154 Å². The summed E-state index contributed by atoms with van der Waals surface area (Å²) >= 11 is 22.6. The number of nitrogen functional groups attached to an aromatic ring is 1. The number of hydrogen-bond donors (Lipinski definition) is 23. The molecule has 0 spiro atoms. The average molecular weight is 2040 g/mol. The Morgan fingerprint density at radius 1 is 0.750 bits per heavy atom. The average Bonchev–Trinajstić information content (AvgIpc) is 0.748. The number of fused-ring (bicyclic) bond motifs is 15. The number of carboxylic acid groups (broad SMARTS) is 2. The standard InChI is InChI=1S/C89H97Cl3N16O30S2/c1-32(2)17-47(96-5)76(120)102-64-68(115)35-7-11-50(45(90)18-35)134-52-20-37-21-53(72(52)138-87-73(71(118)70(117)54(30-109)136-87)137-57-27-89(4,95)74(119)33(3)133-57)135-51-12-8-36(19-46(51)91)69(116)65-82(126)100-60(43-23-40(111)24-49(112)58(43)42-22-39(110)9-10-41(42)61(79(123)103-65)101-78(122)59(37)99-77(121)48(26-55(93)113)98-81(64)125)44(85(128)129)25-56(114)97-28-34-13-15-107(16-14-34)29-38-31-139-84-66(83(127)108(84)67(38)86(130)131)104-80(124)63(106-132-6)62-75(92)140-88(94)105-62/h7-16,18-24,32-33,44,47-48,54,57,59-61,64-66,68-71,73-74,84,87,96,109,115-119H,17,25-31,95H2,1-6H3,(H16-,93,94,97,98,99,100,101,102,103,104,105,110,111,112,113,114,120,121,122,123,124,125,126,128,129,130,131)/p+1/b106-63+. The van der Waals surface area contributed by atoms with E-state index in [9.17, 15) is 89.7 Å². The maximum absolute atomic E-state index is 16.6. The number of halogens is 3. The van der Waals surface area contributed by atoms with Crippen LogP contribution in [0.1, 0.15) is 123 Å². The first-order chi connectivity index (χ1) is 66.3. The van der Waals surface area contributed by atoms with Crippen LogP contribution in [0.2, 0.25) is 14.4 Å². The third-order valence-corrected chi connectivity index (χ3v) is 27.3. The zero-order chi connectivity index (χ0) is 101. The summed E-state index contributed by atoms with van der Waals surface area (Å²) in [4.78, 5) is 186. The summed E-state index contributed by atoms with van der Waals surface area (Å²) in [6.07, 6.45) is -17.5. The fourth-order valence-electron chi connectivity index (χ4n) is 17.2. The van der Waals surface area contributed by atoms with E-state index >= 15 is 24.0 Å². The number of primary amides is 1. The van der Waals surface area contributed by atoms with E-state index < -0.39 is 307 Å². The van der Waals surface area contributed by atoms with Crippen molar-refractivity contribution in [2.45, 2.75) is 187 Å². The van der Waals surface area contributed by atoms with Crippen molar-refractivity contribution in [1.82, 2.24) is 57.7 Å². The van der Waals surface area contributed by atoms with Crippen molar-refractivity contribution in [2.24, 2.45) is 28.5 Å². The molecule has 9 aliphatic heterocycles. The fourth-order valence-corrected chi connectivity index (χ4v) is 19.9. The van der Waals surface area contributed by atoms with Crippen LogP contribution in [-0.2, 0) is 89.7 Å². The van der Waals surface area contributed by atoms with Crippen molar-refractivity contribution >= 4 is 140 Å². The second-order valence-corrected chi connectivity index (χ2v) is 38.2. The van der Waals surface area contributed by atoms with Gasteiger partial charge in [0.25, 0.3) is 11.8 Å². The number of oxime groups is 1. The smallest absolute Gasteiger partial charge is 0.352 e. The number of thioether (sulfide) groups is 1. The molecule has 26 N–H and O–H groups in total. The molecule has 9 aliphatic rings. The van der Waals surface area contributed by atoms with Gasteiger partial charge in [-0.25, -0.2) is 14.3 Å². The number of phenolic OH excluding ortho intramolecular Hbond substituents is 3. The molecular formula is C89H98Cl3N16O30S2+. The third-order valence-electron chi connectivity index (χ3n) is 24.3. The zero-order valence-electron chi connectivity index (χ0n) is 74.7. The van der Waals surface area contributed by atoms with E-state index in [0.29, 0.717) is 5.56 Å². The number of anilines is 1. The van der Waals surface area contributed by atoms with Gasteiger partial charge in [0.05, 0.1) is 53.3 Å². The van der Waals surface area contributed by atoms with E-state index in [1.807, 2.05) is 0 Å². The molecule has 51 heteroatoms. The van der Waals surface area contributed by atoms with Crippen LogP contribution in [0.25, 0.3) is 11.1 Å². The van der Waals surface area contributed by atoms with E-state index in [1.54, 1.807) is 18.4 Å². The number of rotatable bonds is 25. The van der Waals surface area contributed by atoms with Gasteiger partial charge in [0.1, 0.15) is 124 Å². The number of β-lactam (4-membered cyclic amide) rings is 1. The molecule has 7 aromatic rings. The maximum Gasteiger partial charge on any atom is 0.352 e. The molecule has 21 atom stereocenters. The van der Waals surface area contributed by atoms with Crippen molar-refractivity contribution in [3.8, 4) is 57.1 Å². The van der Waals surface area contributed by atoms with Crippen molar-refractivity contribution in [3.63, 3.8) is 0 Å². The first kappa shape index (κ1) is 103. The molecule has 10 amide bonds. The summed E-state index contributed by atoms with van der Waals surface area (Å²) in [5.74, 6) is -23.5. The number of aliphatic hydroxyl groups is 6. The second-order valence-electron chi connectivity index (χ2n) is 34.6. The van der Waals surface area contributed by atoms with Gasteiger partial charge in [0.2, 0.25) is 59.3 Å². The predicted octanol–water partition coefficient (Wildman–Crippen LogP) is 0.198. The van der Waals surface area contributed by atoms with Crippen LogP contribution in [0.3, 0.4) is 0 Å². The quantitative estimate of drug-likeness (QED) is 0.0157. The van der Waals surface area contributed by atoms with Gasteiger partial charge in [-0.2, -0.15) is 0 Å². The minimum Gasteiger partial charge on any atom is -0.508 e. The van der Waals surface area contributed by atoms with Crippen LogP contribution >= 0.6 is 57.9 Å². The first-order valence-corrected chi connectivity index (χ1v) is 46.3. The molecule has 5 aromatic carbocycles. The fraction of sp³-hybridized carbons (Fsp3) is 0.404. The number of likely N-dealkylation sites (N-methyl/N-ethyl adjacent to an activating group) is 1. The summed E-state index contributed by atoms with van der Waals surface area (Å²) < 4.78 is 40.3. The summed E-state index contributed by atoms with van der Waals surface area (Å²) in [7, 11) is 2.61. The van der Waals surface area contributed by atoms with Crippen LogP contribution in [0.5, 0.6) is 46.0 Å². The highest BCUT2D eigenvalue weighted by atomic mass is 35.5. The lowest BCUT2D eigenvalue weighted by atomic mass is 9.82. The number of phenols is 3. The zero-order valence-corrected chi connectivity index (χ0v) is 78.6. The number of hydrogen-bond acceptors (Lipinski definition) is 35. The number of thiazole rings is 1. The molecule has 3 fully saturated rings. The summed E-state index contributed by atoms with van der Waals surface area (Å²) in [5, 5.41) is 153. The van der Waals surface area contributed by atoms with Gasteiger partial charge in [0.15, 0.2) is 53.7 Å². The number of aliphatic hydroxyl groups excluding tert-OH is 6. The molecule has 46 nitrogen and oxygen atoms in total. The number of carbonyl (C=O) groups excluding carboxylic acids is 10. The molecule has 16 rings (SSSR count). The Balaban J connectivity index is 0.855. The predicted molar refractivity (Wildman–Crippen MR) is 491 cm³/mol. The summed E-state index contributed by atoms with van der Waals surface area (Å²) in [5.41, 5.74) is 13.1. The van der Waals surface area contributed by atoms with Crippen LogP contribution < -0.4 is 83.8 Å². The lowest BCUT2D eigenvalue weighted by molar-refractivity contribution is -0.689. The molecule has 0 radical (unpaired) electrons. The molecule has 11 heterocycles.